The van der Waals surface area contributed by atoms with Gasteiger partial charge in [-0.3, -0.25) is 10.2 Å². The number of ether oxygens (including phenoxy) is 1. The highest BCUT2D eigenvalue weighted by atomic mass is 32.2. The quantitative estimate of drug-likeness (QED) is 0.336. The van der Waals surface area contributed by atoms with Crippen molar-refractivity contribution in [1.82, 2.24) is 10.2 Å². The molecule has 2 aliphatic heterocycles. The minimum atomic E-state index is -0.993. The molecule has 176 valence electrons. The van der Waals surface area contributed by atoms with E-state index in [0.717, 1.165) is 61.6 Å². The number of likely N-dealkylation sites (tertiary alicyclic amines) is 1. The van der Waals surface area contributed by atoms with Crippen LogP contribution in [0.15, 0.2) is 42.5 Å². The van der Waals surface area contributed by atoms with Gasteiger partial charge in [0.1, 0.15) is 22.3 Å². The maximum absolute atomic E-state index is 14.4. The normalized spacial score (nSPS) is 20.5. The Hall–Kier alpha value is -2.45. The van der Waals surface area contributed by atoms with E-state index in [1.165, 1.54) is 19.3 Å². The average molecular weight is 474 g/mol. The van der Waals surface area contributed by atoms with Gasteiger partial charge in [-0.2, -0.15) is 0 Å². The van der Waals surface area contributed by atoms with Gasteiger partial charge in [0.05, 0.1) is 11.7 Å². The first-order chi connectivity index (χ1) is 16.0. The summed E-state index contributed by atoms with van der Waals surface area (Å²) in [5.41, 5.74) is 0.606. The molecule has 4 rings (SSSR count). The van der Waals surface area contributed by atoms with Gasteiger partial charge in [-0.05, 0) is 63.2 Å². The van der Waals surface area contributed by atoms with E-state index in [2.05, 4.69) is 10.2 Å². The summed E-state index contributed by atoms with van der Waals surface area (Å²) < 4.78 is 33.9. The zero-order valence-corrected chi connectivity index (χ0v) is 19.4. The van der Waals surface area contributed by atoms with Gasteiger partial charge >= 0.3 is 0 Å². The maximum atomic E-state index is 14.4. The number of carbonyl (C=O) groups is 1. The Morgan fingerprint density at radius 2 is 1.94 bits per heavy atom. The fraction of sp³-hybridized carbons (Fsp3) is 0.440. The second kappa shape index (κ2) is 10.7. The first kappa shape index (κ1) is 23.7. The monoisotopic (exact) mass is 473 g/mol. The van der Waals surface area contributed by atoms with E-state index >= 15 is 0 Å². The van der Waals surface area contributed by atoms with E-state index in [9.17, 15) is 13.6 Å². The van der Waals surface area contributed by atoms with Crippen molar-refractivity contribution >= 4 is 22.7 Å². The van der Waals surface area contributed by atoms with E-state index in [-0.39, 0.29) is 16.5 Å². The van der Waals surface area contributed by atoms with E-state index in [1.807, 2.05) is 24.3 Å². The number of hydrogen-bond acceptors (Lipinski definition) is 5. The SMILES string of the molecule is N=C(SC1(NC(=O)CCCN2CCCCC2)CCOc2ccccc21)c1cc(F)ccc1F. The second-order valence-corrected chi connectivity index (χ2v) is 9.84. The molecular weight excluding hydrogens is 444 g/mol. The van der Waals surface area contributed by atoms with Crippen LogP contribution < -0.4 is 10.1 Å². The van der Waals surface area contributed by atoms with Gasteiger partial charge in [0.15, 0.2) is 0 Å². The summed E-state index contributed by atoms with van der Waals surface area (Å²) in [6, 6.07) is 10.4. The lowest BCUT2D eigenvalue weighted by molar-refractivity contribution is -0.122. The molecule has 1 unspecified atom stereocenters. The Kier molecular flexibility index (Phi) is 7.65. The van der Waals surface area contributed by atoms with Crippen LogP contribution in [0.5, 0.6) is 5.75 Å². The van der Waals surface area contributed by atoms with Crippen molar-refractivity contribution in [3.8, 4) is 5.75 Å². The molecule has 1 saturated heterocycles. The summed E-state index contributed by atoms with van der Waals surface area (Å²) in [6.45, 7) is 3.40. The lowest BCUT2D eigenvalue weighted by atomic mass is 9.99. The molecule has 5 nitrogen and oxygen atoms in total. The predicted octanol–water partition coefficient (Wildman–Crippen LogP) is 5.04. The Morgan fingerprint density at radius 3 is 2.76 bits per heavy atom. The molecule has 1 amide bonds. The van der Waals surface area contributed by atoms with Gasteiger partial charge in [0.2, 0.25) is 5.91 Å². The van der Waals surface area contributed by atoms with Crippen LogP contribution in [-0.2, 0) is 9.67 Å². The number of para-hydroxylation sites is 1. The Bertz CT molecular complexity index is 1010. The maximum Gasteiger partial charge on any atom is 0.221 e. The first-order valence-corrected chi connectivity index (χ1v) is 12.3. The van der Waals surface area contributed by atoms with Crippen molar-refractivity contribution in [2.24, 2.45) is 0 Å². The molecule has 2 aromatic rings. The number of piperidine rings is 1. The number of fused-ring (bicyclic) bond motifs is 1. The molecule has 0 saturated carbocycles. The third-order valence-electron chi connectivity index (χ3n) is 6.15. The molecule has 2 heterocycles. The van der Waals surface area contributed by atoms with E-state index in [1.54, 1.807) is 0 Å². The number of thioether (sulfide) groups is 1. The number of nitrogens with one attached hydrogen (secondary N) is 2. The third kappa shape index (κ3) is 5.73. The summed E-state index contributed by atoms with van der Waals surface area (Å²) in [5, 5.41) is 11.5. The molecule has 0 spiro atoms. The van der Waals surface area contributed by atoms with Crippen molar-refractivity contribution in [2.75, 3.05) is 26.2 Å². The molecule has 33 heavy (non-hydrogen) atoms. The average Bonchev–Trinajstić information content (AvgIpc) is 2.81. The molecule has 1 fully saturated rings. The topological polar surface area (TPSA) is 65.4 Å². The summed E-state index contributed by atoms with van der Waals surface area (Å²) in [7, 11) is 0. The van der Waals surface area contributed by atoms with Gasteiger partial charge in [-0.25, -0.2) is 8.78 Å². The summed E-state index contributed by atoms with van der Waals surface area (Å²) >= 11 is 1.03. The van der Waals surface area contributed by atoms with Crippen LogP contribution >= 0.6 is 11.8 Å². The molecule has 0 bridgehead atoms. The lowest BCUT2D eigenvalue weighted by Gasteiger charge is -2.39. The largest absolute Gasteiger partial charge is 0.493 e. The van der Waals surface area contributed by atoms with Crippen LogP contribution in [0.4, 0.5) is 8.78 Å². The number of benzene rings is 2. The number of carbonyl (C=O) groups excluding carboxylic acids is 1. The summed E-state index contributed by atoms with van der Waals surface area (Å²) in [5.74, 6) is -0.779. The lowest BCUT2D eigenvalue weighted by Crippen LogP contribution is -2.47. The zero-order valence-electron chi connectivity index (χ0n) is 18.5. The fourth-order valence-electron chi connectivity index (χ4n) is 4.46. The van der Waals surface area contributed by atoms with Crippen LogP contribution in [-0.4, -0.2) is 42.1 Å². The summed E-state index contributed by atoms with van der Waals surface area (Å²) in [6.07, 6.45) is 5.22. The molecule has 2 N–H and O–H groups in total. The van der Waals surface area contributed by atoms with E-state index < -0.39 is 16.5 Å². The van der Waals surface area contributed by atoms with Gasteiger partial charge in [-0.15, -0.1) is 0 Å². The molecule has 1 atom stereocenters. The van der Waals surface area contributed by atoms with Crippen LogP contribution in [0, 0.1) is 17.0 Å². The molecule has 0 aromatic heterocycles. The minimum Gasteiger partial charge on any atom is -0.493 e. The summed E-state index contributed by atoms with van der Waals surface area (Å²) in [4.78, 5) is 14.4. The number of halogens is 2. The van der Waals surface area contributed by atoms with Crippen LogP contribution in [0.3, 0.4) is 0 Å². The highest BCUT2D eigenvalue weighted by Gasteiger charge is 2.41. The third-order valence-corrected chi connectivity index (χ3v) is 7.45. The van der Waals surface area contributed by atoms with Crippen LogP contribution in [0.2, 0.25) is 0 Å². The van der Waals surface area contributed by atoms with Gasteiger partial charge in [-0.1, -0.05) is 36.4 Å². The highest BCUT2D eigenvalue weighted by Crippen LogP contribution is 2.46. The molecule has 2 aliphatic rings. The molecule has 0 aliphatic carbocycles. The second-order valence-electron chi connectivity index (χ2n) is 8.53. The van der Waals surface area contributed by atoms with Gasteiger partial charge in [0, 0.05) is 24.0 Å². The Balaban J connectivity index is 1.52. The van der Waals surface area contributed by atoms with Crippen LogP contribution in [0.1, 0.15) is 49.7 Å². The van der Waals surface area contributed by atoms with Crippen molar-refractivity contribution < 1.29 is 18.3 Å². The number of amides is 1. The molecular formula is C25H29F2N3O2S. The van der Waals surface area contributed by atoms with Crippen molar-refractivity contribution in [3.05, 3.63) is 65.2 Å². The number of rotatable bonds is 7. The van der Waals surface area contributed by atoms with Gasteiger partial charge < -0.3 is 15.0 Å². The predicted molar refractivity (Wildman–Crippen MR) is 127 cm³/mol. The van der Waals surface area contributed by atoms with E-state index in [0.29, 0.717) is 25.2 Å². The minimum absolute atomic E-state index is 0.122. The Labute approximate surface area is 197 Å². The number of hydrogen-bond donors (Lipinski definition) is 2. The molecule has 2 aromatic carbocycles. The zero-order chi connectivity index (χ0) is 23.3. The van der Waals surface area contributed by atoms with Crippen molar-refractivity contribution in [1.29, 1.82) is 5.41 Å². The first-order valence-electron chi connectivity index (χ1n) is 11.5. The van der Waals surface area contributed by atoms with Gasteiger partial charge in [0.25, 0.3) is 0 Å². The number of nitrogens with zero attached hydrogens (tertiary/aromatic N) is 1. The van der Waals surface area contributed by atoms with E-state index in [4.69, 9.17) is 10.1 Å². The molecule has 8 heteroatoms. The Morgan fingerprint density at radius 1 is 1.15 bits per heavy atom. The highest BCUT2D eigenvalue weighted by molar-refractivity contribution is 8.15. The standard InChI is InChI=1S/C25H29F2N3O2S/c26-18-10-11-21(27)19(17-18)24(28)33-25(12-16-32-22-8-3-2-7-20(22)25)29-23(31)9-6-15-30-13-4-1-5-14-30/h2-3,7-8,10-11,17,28H,1,4-6,9,12-16H2,(H,29,31). The fourth-order valence-corrected chi connectivity index (χ4v) is 5.71. The van der Waals surface area contributed by atoms with Crippen molar-refractivity contribution in [3.63, 3.8) is 0 Å². The van der Waals surface area contributed by atoms with Crippen LogP contribution in [0.25, 0.3) is 0 Å². The molecule has 0 radical (unpaired) electrons. The van der Waals surface area contributed by atoms with Crippen molar-refractivity contribution in [2.45, 2.75) is 43.4 Å². The smallest absolute Gasteiger partial charge is 0.221 e.